The summed E-state index contributed by atoms with van der Waals surface area (Å²) in [4.78, 5) is 21.9. The summed E-state index contributed by atoms with van der Waals surface area (Å²) < 4.78 is 6.18. The molecule has 2 aromatic carbocycles. The number of carbonyl (C=O) groups is 1. The zero-order valence-electron chi connectivity index (χ0n) is 19.1. The van der Waals surface area contributed by atoms with Crippen molar-refractivity contribution in [1.29, 1.82) is 0 Å². The molecule has 0 atom stereocenters. The fourth-order valence-electron chi connectivity index (χ4n) is 4.19. The van der Waals surface area contributed by atoms with Crippen LogP contribution in [0.2, 0.25) is 5.02 Å². The van der Waals surface area contributed by atoms with Crippen molar-refractivity contribution >= 4 is 23.2 Å². The molecule has 0 bridgehead atoms. The Balaban J connectivity index is 1.33. The summed E-state index contributed by atoms with van der Waals surface area (Å²) >= 11 is 6.01. The first-order valence-corrected chi connectivity index (χ1v) is 12.0. The van der Waals surface area contributed by atoms with Crippen LogP contribution < -0.4 is 5.32 Å². The van der Waals surface area contributed by atoms with Crippen LogP contribution in [-0.2, 0) is 17.8 Å². The van der Waals surface area contributed by atoms with Gasteiger partial charge in [0.1, 0.15) is 11.5 Å². The van der Waals surface area contributed by atoms with Gasteiger partial charge >= 0.3 is 0 Å². The molecule has 0 saturated carbocycles. The minimum Gasteiger partial charge on any atom is -0.444 e. The second kappa shape index (κ2) is 11.5. The number of benzene rings is 2. The summed E-state index contributed by atoms with van der Waals surface area (Å²) in [5.74, 6) is 1.72. The van der Waals surface area contributed by atoms with Gasteiger partial charge in [-0.25, -0.2) is 4.98 Å². The number of nitrogens with zero attached hydrogens (tertiary/aromatic N) is 3. The lowest BCUT2D eigenvalue weighted by atomic mass is 10.1. The lowest BCUT2D eigenvalue weighted by Gasteiger charge is -2.20. The molecular formula is C26H31ClN4O2. The molecule has 0 spiro atoms. The zero-order valence-corrected chi connectivity index (χ0v) is 19.9. The molecule has 1 fully saturated rings. The Morgan fingerprint density at radius 1 is 1.06 bits per heavy atom. The van der Waals surface area contributed by atoms with E-state index in [0.717, 1.165) is 74.0 Å². The smallest absolute Gasteiger partial charge is 0.238 e. The number of aryl methyl sites for hydroxylation is 1. The van der Waals surface area contributed by atoms with Crippen LogP contribution in [0.1, 0.15) is 31.4 Å². The number of halogens is 1. The number of amides is 1. The van der Waals surface area contributed by atoms with Crippen LogP contribution in [0.5, 0.6) is 0 Å². The summed E-state index contributed by atoms with van der Waals surface area (Å²) in [6.07, 6.45) is 2.90. The van der Waals surface area contributed by atoms with E-state index in [1.165, 1.54) is 0 Å². The third-order valence-corrected chi connectivity index (χ3v) is 6.02. The topological polar surface area (TPSA) is 61.6 Å². The molecule has 1 aliphatic heterocycles. The maximum absolute atomic E-state index is 12.5. The van der Waals surface area contributed by atoms with Gasteiger partial charge in [0.15, 0.2) is 0 Å². The predicted octanol–water partition coefficient (Wildman–Crippen LogP) is 5.09. The molecule has 2 heterocycles. The highest BCUT2D eigenvalue weighted by atomic mass is 35.5. The number of carbonyl (C=O) groups excluding carboxylic acids is 1. The fraction of sp³-hybridized carbons (Fsp3) is 0.385. The highest BCUT2D eigenvalue weighted by Crippen LogP contribution is 2.26. The lowest BCUT2D eigenvalue weighted by Crippen LogP contribution is -2.36. The zero-order chi connectivity index (χ0) is 23.0. The molecule has 1 amide bonds. The molecule has 1 aromatic heterocycles. The molecule has 0 aliphatic carbocycles. The van der Waals surface area contributed by atoms with Crippen LogP contribution in [0.25, 0.3) is 11.3 Å². The van der Waals surface area contributed by atoms with E-state index in [4.69, 9.17) is 21.0 Å². The van der Waals surface area contributed by atoms with Gasteiger partial charge in [-0.15, -0.1) is 0 Å². The van der Waals surface area contributed by atoms with Crippen LogP contribution in [0.3, 0.4) is 0 Å². The van der Waals surface area contributed by atoms with Crippen LogP contribution in [-0.4, -0.2) is 53.4 Å². The minimum absolute atomic E-state index is 0.0184. The number of hydrogen-bond acceptors (Lipinski definition) is 5. The van der Waals surface area contributed by atoms with Gasteiger partial charge in [0.2, 0.25) is 11.8 Å². The van der Waals surface area contributed by atoms with Crippen molar-refractivity contribution in [2.45, 2.75) is 32.7 Å². The van der Waals surface area contributed by atoms with E-state index in [1.807, 2.05) is 30.3 Å². The average molecular weight is 467 g/mol. The summed E-state index contributed by atoms with van der Waals surface area (Å²) in [6, 6.07) is 17.5. The Bertz CT molecular complexity index is 1050. The van der Waals surface area contributed by atoms with Gasteiger partial charge in [-0.05, 0) is 44.1 Å². The van der Waals surface area contributed by atoms with Crippen LogP contribution >= 0.6 is 11.6 Å². The van der Waals surface area contributed by atoms with Crippen molar-refractivity contribution in [1.82, 2.24) is 14.8 Å². The SMILES string of the molecule is CCCc1oc(CN2CCCN(CC(=O)Nc3cccc(Cl)c3)CC2)nc1-c1ccccc1. The van der Waals surface area contributed by atoms with Gasteiger partial charge in [-0.3, -0.25) is 14.6 Å². The maximum Gasteiger partial charge on any atom is 0.238 e. The lowest BCUT2D eigenvalue weighted by molar-refractivity contribution is -0.117. The highest BCUT2D eigenvalue weighted by molar-refractivity contribution is 6.30. The second-order valence-corrected chi connectivity index (χ2v) is 8.90. The van der Waals surface area contributed by atoms with Crippen molar-refractivity contribution in [3.63, 3.8) is 0 Å². The van der Waals surface area contributed by atoms with Crippen LogP contribution in [0.4, 0.5) is 5.69 Å². The van der Waals surface area contributed by atoms with Crippen molar-refractivity contribution in [2.75, 3.05) is 38.0 Å². The van der Waals surface area contributed by atoms with Gasteiger partial charge in [-0.2, -0.15) is 0 Å². The van der Waals surface area contributed by atoms with E-state index in [-0.39, 0.29) is 5.91 Å². The Morgan fingerprint density at radius 3 is 2.64 bits per heavy atom. The summed E-state index contributed by atoms with van der Waals surface area (Å²) in [5.41, 5.74) is 2.79. The van der Waals surface area contributed by atoms with Gasteiger partial charge in [0, 0.05) is 35.8 Å². The summed E-state index contributed by atoms with van der Waals surface area (Å²) in [5, 5.41) is 3.55. The van der Waals surface area contributed by atoms with Crippen LogP contribution in [0.15, 0.2) is 59.0 Å². The van der Waals surface area contributed by atoms with Crippen molar-refractivity contribution in [3.05, 3.63) is 71.3 Å². The van der Waals surface area contributed by atoms with E-state index < -0.39 is 0 Å². The quantitative estimate of drug-likeness (QED) is 0.500. The fourth-order valence-corrected chi connectivity index (χ4v) is 4.38. The van der Waals surface area contributed by atoms with E-state index in [0.29, 0.717) is 18.1 Å². The maximum atomic E-state index is 12.5. The van der Waals surface area contributed by atoms with Crippen molar-refractivity contribution < 1.29 is 9.21 Å². The first-order chi connectivity index (χ1) is 16.1. The van der Waals surface area contributed by atoms with Gasteiger partial charge in [-0.1, -0.05) is 54.9 Å². The predicted molar refractivity (Wildman–Crippen MR) is 132 cm³/mol. The molecule has 0 unspecified atom stereocenters. The molecule has 1 aliphatic rings. The Labute approximate surface area is 200 Å². The van der Waals surface area contributed by atoms with Gasteiger partial charge < -0.3 is 9.73 Å². The van der Waals surface area contributed by atoms with E-state index >= 15 is 0 Å². The second-order valence-electron chi connectivity index (χ2n) is 8.46. The summed E-state index contributed by atoms with van der Waals surface area (Å²) in [7, 11) is 0. The molecule has 0 radical (unpaired) electrons. The monoisotopic (exact) mass is 466 g/mol. The van der Waals surface area contributed by atoms with Gasteiger partial charge in [0.25, 0.3) is 0 Å². The third kappa shape index (κ3) is 6.67. The number of hydrogen-bond donors (Lipinski definition) is 1. The summed E-state index contributed by atoms with van der Waals surface area (Å²) in [6.45, 7) is 6.76. The van der Waals surface area contributed by atoms with Crippen molar-refractivity contribution in [3.8, 4) is 11.3 Å². The Kier molecular flexibility index (Phi) is 8.15. The molecule has 3 aromatic rings. The number of anilines is 1. The Morgan fingerprint density at radius 2 is 1.85 bits per heavy atom. The Hall–Kier alpha value is -2.67. The molecular weight excluding hydrogens is 436 g/mol. The van der Waals surface area contributed by atoms with E-state index in [2.05, 4.69) is 34.2 Å². The number of oxazole rings is 1. The third-order valence-electron chi connectivity index (χ3n) is 5.78. The first-order valence-electron chi connectivity index (χ1n) is 11.6. The minimum atomic E-state index is -0.0184. The molecule has 1 saturated heterocycles. The van der Waals surface area contributed by atoms with E-state index in [9.17, 15) is 4.79 Å². The molecule has 1 N–H and O–H groups in total. The molecule has 6 nitrogen and oxygen atoms in total. The number of aromatic nitrogens is 1. The largest absolute Gasteiger partial charge is 0.444 e. The normalized spacial score (nSPS) is 15.3. The molecule has 174 valence electrons. The number of rotatable bonds is 8. The molecule has 4 rings (SSSR count). The van der Waals surface area contributed by atoms with Gasteiger partial charge in [0.05, 0.1) is 13.1 Å². The average Bonchev–Trinajstić information content (AvgIpc) is 3.06. The standard InChI is InChI=1S/C26H31ClN4O2/c1-2-8-23-26(20-9-4-3-5-10-20)29-25(33-23)19-31-14-7-13-30(15-16-31)18-24(32)28-22-12-6-11-21(27)17-22/h3-6,9-12,17H,2,7-8,13-16,18-19H2,1H3,(H,28,32). The van der Waals surface area contributed by atoms with Crippen LogP contribution in [0, 0.1) is 0 Å². The highest BCUT2D eigenvalue weighted by Gasteiger charge is 2.20. The number of nitrogens with one attached hydrogen (secondary N) is 1. The van der Waals surface area contributed by atoms with E-state index in [1.54, 1.807) is 12.1 Å². The molecule has 7 heteroatoms. The van der Waals surface area contributed by atoms with Crippen molar-refractivity contribution in [2.24, 2.45) is 0 Å². The first kappa shape index (κ1) is 23.5. The molecule has 33 heavy (non-hydrogen) atoms.